The van der Waals surface area contributed by atoms with Gasteiger partial charge >= 0.3 is 0 Å². The fourth-order valence-corrected chi connectivity index (χ4v) is 3.64. The highest BCUT2D eigenvalue weighted by Crippen LogP contribution is 2.36. The largest absolute Gasteiger partial charge is 0.481 e. The molecule has 122 valence electrons. The number of benzene rings is 1. The van der Waals surface area contributed by atoms with E-state index in [1.54, 1.807) is 28.4 Å². The van der Waals surface area contributed by atoms with Gasteiger partial charge in [-0.3, -0.25) is 4.79 Å². The zero-order valence-electron chi connectivity index (χ0n) is 13.0. The van der Waals surface area contributed by atoms with E-state index < -0.39 is 5.82 Å². The number of rotatable bonds is 4. The van der Waals surface area contributed by atoms with E-state index in [9.17, 15) is 9.18 Å². The van der Waals surface area contributed by atoms with Crippen molar-refractivity contribution >= 4 is 17.2 Å². The second-order valence-electron chi connectivity index (χ2n) is 6.00. The number of carbonyl (C=O) groups excluding carboxylic acids is 1. The second-order valence-corrected chi connectivity index (χ2v) is 6.89. The van der Waals surface area contributed by atoms with E-state index in [2.05, 4.69) is 11.9 Å². The van der Waals surface area contributed by atoms with E-state index >= 15 is 0 Å². The number of likely N-dealkylation sites (tertiary alicyclic amines) is 1. The Kier molecular flexibility index (Phi) is 4.61. The van der Waals surface area contributed by atoms with Crippen LogP contribution in [0.3, 0.4) is 0 Å². The monoisotopic (exact) mass is 334 g/mol. The summed E-state index contributed by atoms with van der Waals surface area (Å²) in [5.41, 5.74) is 0.0390. The van der Waals surface area contributed by atoms with Gasteiger partial charge in [0, 0.05) is 30.1 Å². The van der Waals surface area contributed by atoms with Crippen LogP contribution in [-0.4, -0.2) is 35.5 Å². The predicted octanol–water partition coefficient (Wildman–Crippen LogP) is 3.24. The van der Waals surface area contributed by atoms with Crippen LogP contribution in [0.5, 0.6) is 5.75 Å². The lowest BCUT2D eigenvalue weighted by atomic mass is 9.81. The zero-order valence-corrected chi connectivity index (χ0v) is 13.8. The molecule has 0 radical (unpaired) electrons. The van der Waals surface area contributed by atoms with Crippen molar-refractivity contribution in [3.05, 3.63) is 46.7 Å². The van der Waals surface area contributed by atoms with Crippen molar-refractivity contribution in [2.45, 2.75) is 25.2 Å². The molecular weight excluding hydrogens is 315 g/mol. The molecule has 1 aliphatic rings. The average molecular weight is 334 g/mol. The quantitative estimate of drug-likeness (QED) is 0.862. The molecule has 0 atom stereocenters. The van der Waals surface area contributed by atoms with Crippen molar-refractivity contribution in [1.82, 2.24) is 9.88 Å². The van der Waals surface area contributed by atoms with Gasteiger partial charge in [-0.2, -0.15) is 0 Å². The average Bonchev–Trinajstić information content (AvgIpc) is 3.10. The minimum atomic E-state index is -0.449. The third-order valence-corrected chi connectivity index (χ3v) is 5.44. The lowest BCUT2D eigenvalue weighted by Crippen LogP contribution is -2.45. The molecule has 0 bridgehead atoms. The van der Waals surface area contributed by atoms with E-state index in [1.165, 1.54) is 12.1 Å². The molecule has 2 heterocycles. The number of aromatic nitrogens is 1. The fraction of sp³-hybridized carbons (Fsp3) is 0.412. The molecule has 0 spiro atoms. The molecule has 1 aromatic heterocycles. The molecule has 1 aliphatic heterocycles. The summed E-state index contributed by atoms with van der Waals surface area (Å²) in [7, 11) is 0. The Hall–Kier alpha value is -1.95. The zero-order chi connectivity index (χ0) is 16.3. The smallest absolute Gasteiger partial charge is 0.260 e. The molecule has 2 aromatic rings. The summed E-state index contributed by atoms with van der Waals surface area (Å²) < 4.78 is 18.8. The maximum Gasteiger partial charge on any atom is 0.260 e. The van der Waals surface area contributed by atoms with Gasteiger partial charge < -0.3 is 9.64 Å². The number of hydrogen-bond acceptors (Lipinski definition) is 4. The SMILES string of the molecule is CC1(c2nccs2)CCN(C(=O)COc2ccccc2F)CC1. The van der Waals surface area contributed by atoms with E-state index in [-0.39, 0.29) is 23.7 Å². The summed E-state index contributed by atoms with van der Waals surface area (Å²) in [4.78, 5) is 18.4. The summed E-state index contributed by atoms with van der Waals surface area (Å²) in [6.45, 7) is 3.42. The first-order chi connectivity index (χ1) is 11.1. The number of carbonyl (C=O) groups is 1. The normalized spacial score (nSPS) is 17.0. The van der Waals surface area contributed by atoms with Gasteiger partial charge in [-0.15, -0.1) is 11.3 Å². The molecule has 0 N–H and O–H groups in total. The Morgan fingerprint density at radius 2 is 2.13 bits per heavy atom. The van der Waals surface area contributed by atoms with E-state index in [0.717, 1.165) is 17.8 Å². The summed E-state index contributed by atoms with van der Waals surface area (Å²) in [5, 5.41) is 3.12. The van der Waals surface area contributed by atoms with Crippen LogP contribution in [0.1, 0.15) is 24.8 Å². The molecule has 1 fully saturated rings. The van der Waals surface area contributed by atoms with Crippen LogP contribution in [0.15, 0.2) is 35.8 Å². The van der Waals surface area contributed by atoms with Crippen molar-refractivity contribution in [1.29, 1.82) is 0 Å². The standard InChI is InChI=1S/C17H19FN2O2S/c1-17(16-19-8-11-23-16)6-9-20(10-7-17)15(21)12-22-14-5-3-2-4-13(14)18/h2-5,8,11H,6-7,9-10,12H2,1H3. The van der Waals surface area contributed by atoms with Crippen LogP contribution in [0, 0.1) is 5.82 Å². The number of hydrogen-bond donors (Lipinski definition) is 0. The highest BCUT2D eigenvalue weighted by atomic mass is 32.1. The van der Waals surface area contributed by atoms with Gasteiger partial charge in [0.25, 0.3) is 5.91 Å². The lowest BCUT2D eigenvalue weighted by molar-refractivity contribution is -0.134. The molecule has 3 rings (SSSR count). The van der Waals surface area contributed by atoms with E-state index in [0.29, 0.717) is 13.1 Å². The van der Waals surface area contributed by atoms with Gasteiger partial charge in [-0.05, 0) is 25.0 Å². The summed E-state index contributed by atoms with van der Waals surface area (Å²) in [5.74, 6) is -0.435. The first kappa shape index (κ1) is 15.9. The topological polar surface area (TPSA) is 42.4 Å². The van der Waals surface area contributed by atoms with Gasteiger partial charge in [0.05, 0.1) is 5.01 Å². The van der Waals surface area contributed by atoms with Crippen LogP contribution in [0.4, 0.5) is 4.39 Å². The minimum absolute atomic E-state index is 0.0390. The Labute approximate surface area is 138 Å². The highest BCUT2D eigenvalue weighted by molar-refractivity contribution is 7.09. The fourth-order valence-electron chi connectivity index (χ4n) is 2.78. The molecule has 0 saturated carbocycles. The number of ether oxygens (including phenoxy) is 1. The Morgan fingerprint density at radius 3 is 2.78 bits per heavy atom. The van der Waals surface area contributed by atoms with Crippen LogP contribution < -0.4 is 4.74 Å². The molecule has 0 unspecified atom stereocenters. The molecule has 0 aliphatic carbocycles. The Bertz CT molecular complexity index is 667. The summed E-state index contributed by atoms with van der Waals surface area (Å²) in [6.07, 6.45) is 3.59. The first-order valence-electron chi connectivity index (χ1n) is 7.63. The van der Waals surface area contributed by atoms with E-state index in [4.69, 9.17) is 4.74 Å². The number of nitrogens with zero attached hydrogens (tertiary/aromatic N) is 2. The lowest BCUT2D eigenvalue weighted by Gasteiger charge is -2.38. The highest BCUT2D eigenvalue weighted by Gasteiger charge is 2.35. The molecular formula is C17H19FN2O2S. The summed E-state index contributed by atoms with van der Waals surface area (Å²) in [6, 6.07) is 6.12. The predicted molar refractivity (Wildman–Crippen MR) is 87.2 cm³/mol. The number of piperidine rings is 1. The van der Waals surface area contributed by atoms with Crippen molar-refractivity contribution < 1.29 is 13.9 Å². The third-order valence-electron chi connectivity index (χ3n) is 4.36. The van der Waals surface area contributed by atoms with Gasteiger partial charge in [0.2, 0.25) is 0 Å². The van der Waals surface area contributed by atoms with Crippen molar-refractivity contribution in [3.63, 3.8) is 0 Å². The third kappa shape index (κ3) is 3.52. The van der Waals surface area contributed by atoms with Gasteiger partial charge in [0.1, 0.15) is 0 Å². The first-order valence-corrected chi connectivity index (χ1v) is 8.51. The number of amides is 1. The van der Waals surface area contributed by atoms with Crippen molar-refractivity contribution in [2.24, 2.45) is 0 Å². The van der Waals surface area contributed by atoms with Crippen molar-refractivity contribution in [2.75, 3.05) is 19.7 Å². The van der Waals surface area contributed by atoms with Gasteiger partial charge in [-0.25, -0.2) is 9.37 Å². The molecule has 1 aromatic carbocycles. The molecule has 6 heteroatoms. The molecule has 1 saturated heterocycles. The second kappa shape index (κ2) is 6.66. The number of para-hydroxylation sites is 1. The Balaban J connectivity index is 1.53. The van der Waals surface area contributed by atoms with Crippen LogP contribution in [0.25, 0.3) is 0 Å². The van der Waals surface area contributed by atoms with Crippen LogP contribution >= 0.6 is 11.3 Å². The molecule has 4 nitrogen and oxygen atoms in total. The summed E-state index contributed by atoms with van der Waals surface area (Å²) >= 11 is 1.67. The Morgan fingerprint density at radius 1 is 1.39 bits per heavy atom. The number of halogens is 1. The van der Waals surface area contributed by atoms with Crippen molar-refractivity contribution in [3.8, 4) is 5.75 Å². The van der Waals surface area contributed by atoms with Crippen LogP contribution in [0.2, 0.25) is 0 Å². The maximum atomic E-state index is 13.5. The van der Waals surface area contributed by atoms with Gasteiger partial charge in [0.15, 0.2) is 18.2 Å². The molecule has 1 amide bonds. The maximum absolute atomic E-state index is 13.5. The van der Waals surface area contributed by atoms with Gasteiger partial charge in [-0.1, -0.05) is 19.1 Å². The molecule has 23 heavy (non-hydrogen) atoms. The number of thiazole rings is 1. The minimum Gasteiger partial charge on any atom is -0.481 e. The van der Waals surface area contributed by atoms with Crippen LogP contribution in [-0.2, 0) is 10.2 Å². The van der Waals surface area contributed by atoms with E-state index in [1.807, 2.05) is 11.6 Å².